The van der Waals surface area contributed by atoms with E-state index < -0.39 is 0 Å². The van der Waals surface area contributed by atoms with Gasteiger partial charge in [-0.3, -0.25) is 4.79 Å². The topological polar surface area (TPSA) is 66.8 Å². The van der Waals surface area contributed by atoms with Gasteiger partial charge in [0.05, 0.1) is 13.2 Å². The monoisotopic (exact) mass is 552 g/mol. The Bertz CT molecular complexity index is 1190. The first kappa shape index (κ1) is 30.1. The third-order valence-electron chi connectivity index (χ3n) is 6.32. The van der Waals surface area contributed by atoms with Crippen molar-refractivity contribution in [3.05, 3.63) is 83.1 Å². The second-order valence-corrected chi connectivity index (χ2v) is 10.5. The summed E-state index contributed by atoms with van der Waals surface area (Å²) in [4.78, 5) is 30.3. The summed E-state index contributed by atoms with van der Waals surface area (Å²) in [7, 11) is 0. The van der Waals surface area contributed by atoms with Crippen LogP contribution in [-0.2, 0) is 17.9 Å². The number of halogens is 1. The lowest BCUT2D eigenvalue weighted by atomic mass is 10.2. The van der Waals surface area contributed by atoms with Gasteiger partial charge in [0, 0.05) is 42.2 Å². The largest absolute Gasteiger partial charge is 0.494 e. The molecule has 0 aliphatic carbocycles. The summed E-state index contributed by atoms with van der Waals surface area (Å²) in [5.41, 5.74) is 2.70. The summed E-state index contributed by atoms with van der Waals surface area (Å²) < 4.78 is 7.61. The quantitative estimate of drug-likeness (QED) is 0.236. The van der Waals surface area contributed by atoms with Crippen LogP contribution in [0, 0.1) is 5.92 Å². The predicted molar refractivity (Wildman–Crippen MR) is 158 cm³/mol. The van der Waals surface area contributed by atoms with E-state index in [9.17, 15) is 9.59 Å². The Balaban J connectivity index is 1.72. The van der Waals surface area contributed by atoms with Crippen molar-refractivity contribution in [3.63, 3.8) is 0 Å². The normalized spacial score (nSPS) is 10.9. The second kappa shape index (κ2) is 15.2. The minimum absolute atomic E-state index is 0.0147. The molecule has 3 aromatic rings. The molecule has 0 spiro atoms. The van der Waals surface area contributed by atoms with Crippen LogP contribution in [0.2, 0.25) is 5.02 Å². The Labute approximate surface area is 237 Å². The van der Waals surface area contributed by atoms with Crippen molar-refractivity contribution >= 4 is 29.2 Å². The molecule has 0 saturated heterocycles. The van der Waals surface area contributed by atoms with Crippen molar-refractivity contribution in [2.45, 2.75) is 53.6 Å². The SMILES string of the molecule is CCCCN(CC(=O)N(Cc1cccn1Cc1ccccc1Cl)CC(C)C)C(=O)Nc1ccc(OCC)cc1. The summed E-state index contributed by atoms with van der Waals surface area (Å²) in [5, 5.41) is 3.66. The Hall–Kier alpha value is -3.45. The maximum Gasteiger partial charge on any atom is 0.322 e. The van der Waals surface area contributed by atoms with Gasteiger partial charge in [0.2, 0.25) is 5.91 Å². The molecule has 3 rings (SSSR count). The summed E-state index contributed by atoms with van der Waals surface area (Å²) in [5.74, 6) is 0.951. The highest BCUT2D eigenvalue weighted by atomic mass is 35.5. The van der Waals surface area contributed by atoms with Crippen molar-refractivity contribution in [1.82, 2.24) is 14.4 Å². The van der Waals surface area contributed by atoms with E-state index in [2.05, 4.69) is 30.7 Å². The summed E-state index contributed by atoms with van der Waals surface area (Å²) in [6.45, 7) is 11.0. The van der Waals surface area contributed by atoms with Gasteiger partial charge in [0.25, 0.3) is 0 Å². The highest BCUT2D eigenvalue weighted by molar-refractivity contribution is 6.31. The van der Waals surface area contributed by atoms with Crippen LogP contribution < -0.4 is 10.1 Å². The van der Waals surface area contributed by atoms with E-state index in [-0.39, 0.29) is 24.4 Å². The fourth-order valence-electron chi connectivity index (χ4n) is 4.32. The molecule has 0 saturated carbocycles. The molecule has 210 valence electrons. The number of carbonyl (C=O) groups is 2. The second-order valence-electron chi connectivity index (χ2n) is 10.0. The first-order chi connectivity index (χ1) is 18.8. The van der Waals surface area contributed by atoms with Gasteiger partial charge >= 0.3 is 6.03 Å². The molecule has 0 aliphatic heterocycles. The lowest BCUT2D eigenvalue weighted by Gasteiger charge is -2.29. The van der Waals surface area contributed by atoms with Crippen LogP contribution in [0.3, 0.4) is 0 Å². The molecule has 1 N–H and O–H groups in total. The Kier molecular flexibility index (Phi) is 11.7. The Morgan fingerprint density at radius 2 is 1.74 bits per heavy atom. The molecule has 1 aromatic heterocycles. The molecular weight excluding hydrogens is 512 g/mol. The zero-order valence-corrected chi connectivity index (χ0v) is 24.3. The number of amides is 3. The van der Waals surface area contributed by atoms with Gasteiger partial charge in [-0.1, -0.05) is 57.0 Å². The van der Waals surface area contributed by atoms with Crippen molar-refractivity contribution < 1.29 is 14.3 Å². The van der Waals surface area contributed by atoms with Crippen LogP contribution >= 0.6 is 11.6 Å². The van der Waals surface area contributed by atoms with Gasteiger partial charge in [-0.05, 0) is 67.3 Å². The van der Waals surface area contributed by atoms with Crippen molar-refractivity contribution in [1.29, 1.82) is 0 Å². The number of aromatic nitrogens is 1. The van der Waals surface area contributed by atoms with Gasteiger partial charge in [0.1, 0.15) is 12.3 Å². The van der Waals surface area contributed by atoms with Crippen LogP contribution in [0.4, 0.5) is 10.5 Å². The number of ether oxygens (including phenoxy) is 1. The molecule has 3 amide bonds. The van der Waals surface area contributed by atoms with E-state index in [1.807, 2.05) is 66.6 Å². The van der Waals surface area contributed by atoms with Gasteiger partial charge in [-0.25, -0.2) is 4.79 Å². The minimum Gasteiger partial charge on any atom is -0.494 e. The third kappa shape index (κ3) is 9.36. The number of anilines is 1. The molecular formula is C31H41ClN4O3. The summed E-state index contributed by atoms with van der Waals surface area (Å²) in [6.07, 6.45) is 3.75. The summed E-state index contributed by atoms with van der Waals surface area (Å²) in [6, 6.07) is 18.8. The molecule has 39 heavy (non-hydrogen) atoms. The van der Waals surface area contributed by atoms with Crippen LogP contribution in [0.1, 0.15) is 51.8 Å². The average Bonchev–Trinajstić information content (AvgIpc) is 3.34. The predicted octanol–water partition coefficient (Wildman–Crippen LogP) is 6.91. The average molecular weight is 553 g/mol. The molecule has 7 nitrogen and oxygen atoms in total. The molecule has 0 atom stereocenters. The number of unbranched alkanes of at least 4 members (excludes halogenated alkanes) is 1. The molecule has 0 bridgehead atoms. The maximum atomic E-state index is 13.6. The molecule has 0 aliphatic rings. The van der Waals surface area contributed by atoms with Crippen LogP contribution in [-0.4, -0.2) is 52.5 Å². The summed E-state index contributed by atoms with van der Waals surface area (Å²) >= 11 is 6.40. The molecule has 0 radical (unpaired) electrons. The maximum absolute atomic E-state index is 13.6. The van der Waals surface area contributed by atoms with Gasteiger partial charge in [0.15, 0.2) is 0 Å². The standard InChI is InChI=1S/C31H41ClN4O3/c1-5-7-18-35(31(38)33-26-14-16-28(17-15-26)39-6-2)23-30(37)36(20-24(3)4)22-27-12-10-19-34(27)21-25-11-8-9-13-29(25)32/h8-17,19,24H,5-7,18,20-23H2,1-4H3,(H,33,38). The third-order valence-corrected chi connectivity index (χ3v) is 6.69. The van der Waals surface area contributed by atoms with Crippen LogP contribution in [0.25, 0.3) is 0 Å². The van der Waals surface area contributed by atoms with Crippen LogP contribution in [0.15, 0.2) is 66.9 Å². The van der Waals surface area contributed by atoms with Gasteiger partial charge in [-0.2, -0.15) is 0 Å². The molecule has 0 fully saturated rings. The van der Waals surface area contributed by atoms with Gasteiger partial charge < -0.3 is 24.4 Å². The van der Waals surface area contributed by atoms with Gasteiger partial charge in [-0.15, -0.1) is 0 Å². The Morgan fingerprint density at radius 3 is 2.41 bits per heavy atom. The lowest BCUT2D eigenvalue weighted by molar-refractivity contribution is -0.133. The number of urea groups is 1. The lowest BCUT2D eigenvalue weighted by Crippen LogP contribution is -2.45. The molecule has 1 heterocycles. The van der Waals surface area contributed by atoms with Crippen LogP contribution in [0.5, 0.6) is 5.75 Å². The van der Waals surface area contributed by atoms with E-state index in [1.54, 1.807) is 17.0 Å². The van der Waals surface area contributed by atoms with E-state index in [4.69, 9.17) is 16.3 Å². The van der Waals surface area contributed by atoms with Crippen molar-refractivity contribution in [3.8, 4) is 5.75 Å². The smallest absolute Gasteiger partial charge is 0.322 e. The molecule has 2 aromatic carbocycles. The number of carbonyl (C=O) groups excluding carboxylic acids is 2. The fourth-order valence-corrected chi connectivity index (χ4v) is 4.51. The number of benzene rings is 2. The zero-order chi connectivity index (χ0) is 28.2. The van der Waals surface area contributed by atoms with E-state index in [0.717, 1.165) is 34.9 Å². The fraction of sp³-hybridized carbons (Fsp3) is 0.419. The highest BCUT2D eigenvalue weighted by Gasteiger charge is 2.23. The van der Waals surface area contributed by atoms with Crippen molar-refractivity contribution in [2.75, 3.05) is 31.6 Å². The molecule has 8 heteroatoms. The number of rotatable bonds is 14. The Morgan fingerprint density at radius 1 is 1.00 bits per heavy atom. The number of nitrogens with zero attached hydrogens (tertiary/aromatic N) is 3. The van der Waals surface area contributed by atoms with E-state index >= 15 is 0 Å². The van der Waals surface area contributed by atoms with E-state index in [0.29, 0.717) is 38.5 Å². The molecule has 0 unspecified atom stereocenters. The van der Waals surface area contributed by atoms with E-state index in [1.165, 1.54) is 0 Å². The number of hydrogen-bond acceptors (Lipinski definition) is 3. The minimum atomic E-state index is -0.285. The first-order valence-electron chi connectivity index (χ1n) is 13.7. The number of nitrogens with one attached hydrogen (secondary N) is 1. The first-order valence-corrected chi connectivity index (χ1v) is 14.1. The van der Waals surface area contributed by atoms with Crippen molar-refractivity contribution in [2.24, 2.45) is 5.92 Å². The zero-order valence-electron chi connectivity index (χ0n) is 23.5. The number of hydrogen-bond donors (Lipinski definition) is 1. The highest BCUT2D eigenvalue weighted by Crippen LogP contribution is 2.19.